The molecule has 0 spiro atoms. The molecule has 4 rings (SSSR count). The first-order valence-electron chi connectivity index (χ1n) is 11.3. The van der Waals surface area contributed by atoms with Gasteiger partial charge in [0.25, 0.3) is 5.91 Å². The first-order valence-corrected chi connectivity index (χ1v) is 11.7. The number of pyridine rings is 1. The van der Waals surface area contributed by atoms with Gasteiger partial charge in [0.1, 0.15) is 5.82 Å². The number of benzene rings is 2. The zero-order valence-corrected chi connectivity index (χ0v) is 20.1. The lowest BCUT2D eigenvalue weighted by molar-refractivity contribution is 0.0767. The Morgan fingerprint density at radius 3 is 2.53 bits per heavy atom. The molecule has 1 aromatic heterocycles. The largest absolute Gasteiger partial charge is 0.355 e. The van der Waals surface area contributed by atoms with Crippen molar-refractivity contribution in [3.05, 3.63) is 82.5 Å². The molecule has 34 heavy (non-hydrogen) atoms. The number of aryl methyl sites for hydroxylation is 2. The molecule has 176 valence electrons. The molecule has 2 N–H and O–H groups in total. The van der Waals surface area contributed by atoms with Crippen molar-refractivity contribution in [3.63, 3.8) is 0 Å². The number of anilines is 3. The quantitative estimate of drug-likeness (QED) is 0.531. The van der Waals surface area contributed by atoms with Crippen molar-refractivity contribution in [2.75, 3.05) is 41.7 Å². The summed E-state index contributed by atoms with van der Waals surface area (Å²) in [6, 6.07) is 16.3. The highest BCUT2D eigenvalue weighted by Crippen LogP contribution is 2.20. The van der Waals surface area contributed by atoms with Gasteiger partial charge in [-0.05, 0) is 62.2 Å². The normalized spacial score (nSPS) is 13.9. The number of hydrogen-bond acceptors (Lipinski definition) is 4. The van der Waals surface area contributed by atoms with E-state index < -0.39 is 0 Å². The molecule has 1 aliphatic heterocycles. The number of halogens is 1. The maximum Gasteiger partial charge on any atom is 0.323 e. The fourth-order valence-corrected chi connectivity index (χ4v) is 4.23. The molecular weight excluding hydrogens is 450 g/mol. The van der Waals surface area contributed by atoms with Gasteiger partial charge in [0.2, 0.25) is 0 Å². The predicted octanol–water partition coefficient (Wildman–Crippen LogP) is 5.35. The summed E-state index contributed by atoms with van der Waals surface area (Å²) >= 11 is 6.04. The van der Waals surface area contributed by atoms with Crippen LogP contribution in [0.15, 0.2) is 60.8 Å². The van der Waals surface area contributed by atoms with Crippen molar-refractivity contribution >= 4 is 40.7 Å². The van der Waals surface area contributed by atoms with Crippen LogP contribution in [0.25, 0.3) is 0 Å². The third kappa shape index (κ3) is 5.85. The molecule has 2 aromatic carbocycles. The standard InChI is InChI=1S/C26H28ClN5O2/c1-18-7-9-23(19(2)15-18)30-26(34)29-22-8-10-24(28-17-22)31-11-4-12-32(14-13-31)25(33)20-5-3-6-21(27)16-20/h3,5-10,15-17H,4,11-14H2,1-2H3,(H2,29,30,34). The Balaban J connectivity index is 1.33. The molecule has 3 amide bonds. The van der Waals surface area contributed by atoms with Gasteiger partial charge in [0.15, 0.2) is 0 Å². The second-order valence-corrected chi connectivity index (χ2v) is 8.88. The van der Waals surface area contributed by atoms with E-state index in [4.69, 9.17) is 11.6 Å². The Labute approximate surface area is 204 Å². The van der Waals surface area contributed by atoms with Crippen LogP contribution in [-0.2, 0) is 0 Å². The van der Waals surface area contributed by atoms with Gasteiger partial charge in [-0.1, -0.05) is 35.4 Å². The van der Waals surface area contributed by atoms with E-state index >= 15 is 0 Å². The maximum atomic E-state index is 12.9. The summed E-state index contributed by atoms with van der Waals surface area (Å²) < 4.78 is 0. The van der Waals surface area contributed by atoms with E-state index in [1.54, 1.807) is 30.5 Å². The third-order valence-corrected chi connectivity index (χ3v) is 6.05. The van der Waals surface area contributed by atoms with Crippen molar-refractivity contribution < 1.29 is 9.59 Å². The van der Waals surface area contributed by atoms with E-state index in [1.165, 1.54) is 0 Å². The van der Waals surface area contributed by atoms with Crippen molar-refractivity contribution in [2.45, 2.75) is 20.3 Å². The molecule has 0 radical (unpaired) electrons. The Morgan fingerprint density at radius 1 is 0.941 bits per heavy atom. The van der Waals surface area contributed by atoms with Gasteiger partial charge in [0, 0.05) is 42.5 Å². The number of aromatic nitrogens is 1. The van der Waals surface area contributed by atoms with Crippen molar-refractivity contribution in [2.24, 2.45) is 0 Å². The van der Waals surface area contributed by atoms with Crippen molar-refractivity contribution in [1.82, 2.24) is 9.88 Å². The fourth-order valence-electron chi connectivity index (χ4n) is 4.04. The highest BCUT2D eigenvalue weighted by atomic mass is 35.5. The SMILES string of the molecule is Cc1ccc(NC(=O)Nc2ccc(N3CCCN(C(=O)c4cccc(Cl)c4)CC3)nc2)c(C)c1. The average molecular weight is 478 g/mol. The number of nitrogens with one attached hydrogen (secondary N) is 2. The number of hydrogen-bond donors (Lipinski definition) is 2. The summed E-state index contributed by atoms with van der Waals surface area (Å²) in [7, 11) is 0. The Hall–Kier alpha value is -3.58. The van der Waals surface area contributed by atoms with Crippen LogP contribution in [0.2, 0.25) is 5.02 Å². The van der Waals surface area contributed by atoms with Crippen LogP contribution in [0, 0.1) is 13.8 Å². The van der Waals surface area contributed by atoms with Crippen molar-refractivity contribution in [1.29, 1.82) is 0 Å². The summed E-state index contributed by atoms with van der Waals surface area (Å²) in [4.78, 5) is 33.8. The topological polar surface area (TPSA) is 77.6 Å². The summed E-state index contributed by atoms with van der Waals surface area (Å²) in [6.07, 6.45) is 2.49. The molecule has 1 fully saturated rings. The van der Waals surface area contributed by atoms with Gasteiger partial charge in [-0.2, -0.15) is 0 Å². The summed E-state index contributed by atoms with van der Waals surface area (Å²) in [5, 5.41) is 6.25. The summed E-state index contributed by atoms with van der Waals surface area (Å²) in [5.74, 6) is 0.809. The number of carbonyl (C=O) groups excluding carboxylic acids is 2. The molecule has 8 heteroatoms. The number of nitrogens with zero attached hydrogens (tertiary/aromatic N) is 3. The van der Waals surface area contributed by atoms with Crippen LogP contribution in [-0.4, -0.2) is 48.0 Å². The van der Waals surface area contributed by atoms with Crippen LogP contribution in [0.5, 0.6) is 0 Å². The second-order valence-electron chi connectivity index (χ2n) is 8.45. The van der Waals surface area contributed by atoms with E-state index in [0.29, 0.717) is 35.9 Å². The lowest BCUT2D eigenvalue weighted by Gasteiger charge is -2.23. The van der Waals surface area contributed by atoms with E-state index in [9.17, 15) is 9.59 Å². The molecular formula is C26H28ClN5O2. The van der Waals surface area contributed by atoms with E-state index in [0.717, 1.165) is 35.6 Å². The van der Waals surface area contributed by atoms with E-state index in [-0.39, 0.29) is 11.9 Å². The Kier molecular flexibility index (Phi) is 7.33. The van der Waals surface area contributed by atoms with E-state index in [1.807, 2.05) is 49.1 Å². The zero-order chi connectivity index (χ0) is 24.1. The second kappa shape index (κ2) is 10.6. The first-order chi connectivity index (χ1) is 16.4. The van der Waals surface area contributed by atoms with Gasteiger partial charge in [-0.3, -0.25) is 4.79 Å². The van der Waals surface area contributed by atoms with Gasteiger partial charge in [-0.15, -0.1) is 0 Å². The lowest BCUT2D eigenvalue weighted by atomic mass is 10.1. The Bertz CT molecular complexity index is 1180. The highest BCUT2D eigenvalue weighted by Gasteiger charge is 2.21. The molecule has 0 aliphatic carbocycles. The third-order valence-electron chi connectivity index (χ3n) is 5.81. The number of amides is 3. The van der Waals surface area contributed by atoms with Crippen LogP contribution in [0.3, 0.4) is 0 Å². The molecule has 0 atom stereocenters. The molecule has 3 aromatic rings. The zero-order valence-electron chi connectivity index (χ0n) is 19.3. The van der Waals surface area contributed by atoms with Crippen LogP contribution < -0.4 is 15.5 Å². The lowest BCUT2D eigenvalue weighted by Crippen LogP contribution is -2.35. The molecule has 1 aliphatic rings. The van der Waals surface area contributed by atoms with Crippen LogP contribution >= 0.6 is 11.6 Å². The van der Waals surface area contributed by atoms with Crippen molar-refractivity contribution in [3.8, 4) is 0 Å². The van der Waals surface area contributed by atoms with Gasteiger partial charge in [-0.25, -0.2) is 9.78 Å². The van der Waals surface area contributed by atoms with Crippen LogP contribution in [0.1, 0.15) is 27.9 Å². The minimum Gasteiger partial charge on any atom is -0.355 e. The smallest absolute Gasteiger partial charge is 0.323 e. The fraction of sp³-hybridized carbons (Fsp3) is 0.269. The molecule has 7 nitrogen and oxygen atoms in total. The van der Waals surface area contributed by atoms with Crippen LogP contribution in [0.4, 0.5) is 22.0 Å². The minimum absolute atomic E-state index is 0.00770. The Morgan fingerprint density at radius 2 is 1.79 bits per heavy atom. The minimum atomic E-state index is -0.313. The summed E-state index contributed by atoms with van der Waals surface area (Å²) in [5.41, 5.74) is 4.14. The average Bonchev–Trinajstić information content (AvgIpc) is 3.07. The molecule has 0 bridgehead atoms. The number of urea groups is 1. The predicted molar refractivity (Wildman–Crippen MR) is 137 cm³/mol. The molecule has 1 saturated heterocycles. The number of carbonyl (C=O) groups is 2. The molecule has 0 saturated carbocycles. The molecule has 0 unspecified atom stereocenters. The van der Waals surface area contributed by atoms with Gasteiger partial charge in [0.05, 0.1) is 11.9 Å². The van der Waals surface area contributed by atoms with Gasteiger partial charge >= 0.3 is 6.03 Å². The van der Waals surface area contributed by atoms with Gasteiger partial charge < -0.3 is 20.4 Å². The van der Waals surface area contributed by atoms with E-state index in [2.05, 4.69) is 20.5 Å². The first kappa shape index (κ1) is 23.6. The maximum absolute atomic E-state index is 12.9. The summed E-state index contributed by atoms with van der Waals surface area (Å²) in [6.45, 7) is 6.74. The monoisotopic (exact) mass is 477 g/mol. The molecule has 2 heterocycles. The number of rotatable bonds is 4. The highest BCUT2D eigenvalue weighted by molar-refractivity contribution is 6.30.